The number of amides is 1. The predicted octanol–water partition coefficient (Wildman–Crippen LogP) is 6.03. The molecule has 0 spiro atoms. The Morgan fingerprint density at radius 2 is 1.44 bits per heavy atom. The van der Waals surface area contributed by atoms with Gasteiger partial charge in [-0.05, 0) is 47.6 Å². The van der Waals surface area contributed by atoms with Gasteiger partial charge in [-0.25, -0.2) is 0 Å². The fourth-order valence-electron chi connectivity index (χ4n) is 3.42. The summed E-state index contributed by atoms with van der Waals surface area (Å²) in [6.45, 7) is 0.372. The second kappa shape index (κ2) is 10.4. The summed E-state index contributed by atoms with van der Waals surface area (Å²) in [5.41, 5.74) is 2.80. The summed E-state index contributed by atoms with van der Waals surface area (Å²) in [6.07, 6.45) is 0. The SMILES string of the molecule is O=C(NC(=S)NCc1ccc(-c2ccc(Br)cc2)o1)C(c1ccccc1)c1ccccc1. The maximum Gasteiger partial charge on any atom is 0.238 e. The highest BCUT2D eigenvalue weighted by Crippen LogP contribution is 2.25. The first-order valence-corrected chi connectivity index (χ1v) is 11.3. The highest BCUT2D eigenvalue weighted by Gasteiger charge is 2.23. The van der Waals surface area contributed by atoms with E-state index < -0.39 is 5.92 Å². The molecule has 32 heavy (non-hydrogen) atoms. The molecular weight excluding hydrogens is 484 g/mol. The minimum Gasteiger partial charge on any atom is -0.459 e. The van der Waals surface area contributed by atoms with Crippen molar-refractivity contribution in [3.05, 3.63) is 118 Å². The van der Waals surface area contributed by atoms with Gasteiger partial charge < -0.3 is 15.1 Å². The van der Waals surface area contributed by atoms with Gasteiger partial charge in [-0.15, -0.1) is 0 Å². The zero-order valence-corrected chi connectivity index (χ0v) is 19.5. The van der Waals surface area contributed by atoms with E-state index in [-0.39, 0.29) is 11.0 Å². The highest BCUT2D eigenvalue weighted by molar-refractivity contribution is 9.10. The van der Waals surface area contributed by atoms with Crippen LogP contribution in [0.1, 0.15) is 22.8 Å². The van der Waals surface area contributed by atoms with Crippen LogP contribution in [0.4, 0.5) is 0 Å². The Kier molecular flexibility index (Phi) is 7.14. The normalized spacial score (nSPS) is 10.7. The van der Waals surface area contributed by atoms with Crippen LogP contribution in [0, 0.1) is 0 Å². The van der Waals surface area contributed by atoms with E-state index in [9.17, 15) is 4.79 Å². The fourth-order valence-corrected chi connectivity index (χ4v) is 3.86. The van der Waals surface area contributed by atoms with Crippen molar-refractivity contribution in [3.63, 3.8) is 0 Å². The molecule has 6 heteroatoms. The van der Waals surface area contributed by atoms with Crippen molar-refractivity contribution in [2.24, 2.45) is 0 Å². The molecule has 0 aliphatic heterocycles. The van der Waals surface area contributed by atoms with Gasteiger partial charge in [-0.3, -0.25) is 4.79 Å². The third kappa shape index (κ3) is 5.52. The van der Waals surface area contributed by atoms with Gasteiger partial charge in [0, 0.05) is 10.0 Å². The van der Waals surface area contributed by atoms with E-state index in [0.29, 0.717) is 6.54 Å². The predicted molar refractivity (Wildman–Crippen MR) is 134 cm³/mol. The van der Waals surface area contributed by atoms with Crippen LogP contribution in [-0.2, 0) is 11.3 Å². The monoisotopic (exact) mass is 504 g/mol. The maximum absolute atomic E-state index is 13.1. The molecule has 0 bridgehead atoms. The van der Waals surface area contributed by atoms with E-state index in [1.165, 1.54) is 0 Å². The van der Waals surface area contributed by atoms with Gasteiger partial charge in [-0.2, -0.15) is 0 Å². The molecule has 1 aromatic heterocycles. The molecular formula is C26H21BrN2O2S. The summed E-state index contributed by atoms with van der Waals surface area (Å²) >= 11 is 8.81. The summed E-state index contributed by atoms with van der Waals surface area (Å²) in [7, 11) is 0. The van der Waals surface area contributed by atoms with E-state index >= 15 is 0 Å². The van der Waals surface area contributed by atoms with Gasteiger partial charge in [0.25, 0.3) is 0 Å². The van der Waals surface area contributed by atoms with E-state index in [4.69, 9.17) is 16.6 Å². The van der Waals surface area contributed by atoms with E-state index in [1.807, 2.05) is 97.1 Å². The largest absolute Gasteiger partial charge is 0.459 e. The molecule has 4 rings (SSSR count). The van der Waals surface area contributed by atoms with Gasteiger partial charge >= 0.3 is 0 Å². The quantitative estimate of drug-likeness (QED) is 0.314. The first-order chi connectivity index (χ1) is 15.6. The Balaban J connectivity index is 1.40. The first-order valence-electron chi connectivity index (χ1n) is 10.1. The molecule has 0 aliphatic carbocycles. The molecule has 2 N–H and O–H groups in total. The van der Waals surface area contributed by atoms with Gasteiger partial charge in [-0.1, -0.05) is 88.7 Å². The van der Waals surface area contributed by atoms with Gasteiger partial charge in [0.05, 0.1) is 12.5 Å². The maximum atomic E-state index is 13.1. The van der Waals surface area contributed by atoms with E-state index in [1.54, 1.807) is 0 Å². The zero-order valence-electron chi connectivity index (χ0n) is 17.1. The van der Waals surface area contributed by atoms with Crippen LogP contribution < -0.4 is 10.6 Å². The molecule has 1 heterocycles. The molecule has 4 aromatic rings. The van der Waals surface area contributed by atoms with Crippen LogP contribution in [0.15, 0.2) is 106 Å². The lowest BCUT2D eigenvalue weighted by atomic mass is 9.90. The van der Waals surface area contributed by atoms with Crippen LogP contribution in [0.2, 0.25) is 0 Å². The molecule has 0 unspecified atom stereocenters. The van der Waals surface area contributed by atoms with Crippen LogP contribution in [0.25, 0.3) is 11.3 Å². The third-order valence-corrected chi connectivity index (χ3v) is 5.75. The zero-order chi connectivity index (χ0) is 22.3. The summed E-state index contributed by atoms with van der Waals surface area (Å²) in [4.78, 5) is 13.1. The van der Waals surface area contributed by atoms with Crippen molar-refractivity contribution in [2.45, 2.75) is 12.5 Å². The smallest absolute Gasteiger partial charge is 0.238 e. The number of benzene rings is 3. The molecule has 0 saturated carbocycles. The van der Waals surface area contributed by atoms with Crippen LogP contribution in [0.3, 0.4) is 0 Å². The molecule has 0 atom stereocenters. The van der Waals surface area contributed by atoms with Crippen molar-refractivity contribution in [2.75, 3.05) is 0 Å². The van der Waals surface area contributed by atoms with Crippen LogP contribution >= 0.6 is 28.1 Å². The van der Waals surface area contributed by atoms with Crippen LogP contribution in [-0.4, -0.2) is 11.0 Å². The Labute approximate surface area is 200 Å². The third-order valence-electron chi connectivity index (χ3n) is 4.98. The number of furan rings is 1. The first kappa shape index (κ1) is 22.0. The van der Waals surface area contributed by atoms with Gasteiger partial charge in [0.2, 0.25) is 5.91 Å². The average Bonchev–Trinajstić information content (AvgIpc) is 3.29. The number of thiocarbonyl (C=S) groups is 1. The molecule has 0 radical (unpaired) electrons. The number of carbonyl (C=O) groups excluding carboxylic acids is 1. The second-order valence-electron chi connectivity index (χ2n) is 7.20. The standard InChI is InChI=1S/C26H21BrN2O2S/c27-21-13-11-18(12-14-21)23-16-15-22(31-23)17-28-26(32)29-25(30)24(19-7-3-1-4-8-19)20-9-5-2-6-10-20/h1-16,24H,17H2,(H2,28,29,30,32). The number of hydrogen-bond donors (Lipinski definition) is 2. The Morgan fingerprint density at radius 3 is 2.03 bits per heavy atom. The summed E-state index contributed by atoms with van der Waals surface area (Å²) in [6, 6.07) is 31.1. The molecule has 160 valence electrons. The number of halogens is 1. The second-order valence-corrected chi connectivity index (χ2v) is 8.52. The molecule has 0 fully saturated rings. The van der Waals surface area contributed by atoms with E-state index in [2.05, 4.69) is 26.6 Å². The number of hydrogen-bond acceptors (Lipinski definition) is 3. The molecule has 0 saturated heterocycles. The highest BCUT2D eigenvalue weighted by atomic mass is 79.9. The number of rotatable bonds is 6. The minimum absolute atomic E-state index is 0.185. The lowest BCUT2D eigenvalue weighted by Crippen LogP contribution is -2.41. The Bertz CT molecular complexity index is 1150. The Morgan fingerprint density at radius 1 is 0.844 bits per heavy atom. The summed E-state index contributed by atoms with van der Waals surface area (Å²) in [5.74, 6) is 0.860. The lowest BCUT2D eigenvalue weighted by molar-refractivity contribution is -0.120. The molecule has 3 aromatic carbocycles. The lowest BCUT2D eigenvalue weighted by Gasteiger charge is -2.18. The average molecular weight is 505 g/mol. The Hall–Kier alpha value is -3.22. The van der Waals surface area contributed by atoms with Crippen LogP contribution in [0.5, 0.6) is 0 Å². The van der Waals surface area contributed by atoms with Crippen molar-refractivity contribution < 1.29 is 9.21 Å². The summed E-state index contributed by atoms with van der Waals surface area (Å²) in [5, 5.41) is 6.14. The number of carbonyl (C=O) groups is 1. The van der Waals surface area contributed by atoms with Crippen molar-refractivity contribution >= 4 is 39.2 Å². The van der Waals surface area contributed by atoms with E-state index in [0.717, 1.165) is 32.7 Å². The summed E-state index contributed by atoms with van der Waals surface area (Å²) < 4.78 is 6.91. The molecule has 1 amide bonds. The molecule has 0 aliphatic rings. The molecule has 4 nitrogen and oxygen atoms in total. The van der Waals surface area contributed by atoms with Gasteiger partial charge in [0.1, 0.15) is 11.5 Å². The van der Waals surface area contributed by atoms with Crippen molar-refractivity contribution in [1.82, 2.24) is 10.6 Å². The topological polar surface area (TPSA) is 54.3 Å². The number of nitrogens with one attached hydrogen (secondary N) is 2. The van der Waals surface area contributed by atoms with Gasteiger partial charge in [0.15, 0.2) is 5.11 Å². The van der Waals surface area contributed by atoms with Crippen molar-refractivity contribution in [1.29, 1.82) is 0 Å². The fraction of sp³-hybridized carbons (Fsp3) is 0.0769. The van der Waals surface area contributed by atoms with Crippen molar-refractivity contribution in [3.8, 4) is 11.3 Å². The minimum atomic E-state index is -0.454.